The minimum atomic E-state index is 0.180. The number of aryl methyl sites for hydroxylation is 2. The van der Waals surface area contributed by atoms with Crippen LogP contribution in [-0.2, 0) is 26.3 Å². The third-order valence-corrected chi connectivity index (χ3v) is 9.75. The van der Waals surface area contributed by atoms with Gasteiger partial charge in [-0.1, -0.05) is 104 Å². The Balaban J connectivity index is 1.70. The highest BCUT2D eigenvalue weighted by molar-refractivity contribution is 8.00. The van der Waals surface area contributed by atoms with Crippen molar-refractivity contribution in [2.24, 2.45) is 23.8 Å². The normalized spacial score (nSPS) is 13.5. The fourth-order valence-electron chi connectivity index (χ4n) is 6.94. The van der Waals surface area contributed by atoms with Crippen LogP contribution in [0.25, 0.3) is 43.6 Å². The predicted molar refractivity (Wildman–Crippen MR) is 179 cm³/mol. The van der Waals surface area contributed by atoms with E-state index < -0.39 is 0 Å². The molecular formula is C39H46NS+. The maximum atomic E-state index is 2.50. The van der Waals surface area contributed by atoms with Crippen molar-refractivity contribution in [3.63, 3.8) is 0 Å². The van der Waals surface area contributed by atoms with E-state index in [4.69, 9.17) is 0 Å². The first kappa shape index (κ1) is 28.3. The lowest BCUT2D eigenvalue weighted by Crippen LogP contribution is -2.32. The molecule has 0 atom stereocenters. The quantitative estimate of drug-likeness (QED) is 0.153. The first-order chi connectivity index (χ1) is 19.2. The van der Waals surface area contributed by atoms with E-state index in [1.54, 1.807) is 0 Å². The van der Waals surface area contributed by atoms with Crippen molar-refractivity contribution < 1.29 is 4.57 Å². The van der Waals surface area contributed by atoms with Crippen LogP contribution in [0.1, 0.15) is 77.6 Å². The molecule has 1 aliphatic heterocycles. The molecule has 41 heavy (non-hydrogen) atoms. The van der Waals surface area contributed by atoms with Crippen LogP contribution >= 0.6 is 11.8 Å². The standard InChI is InChI=1S/C39H46NS/c1-23(2)17-25-11-13-29-28(18-25)20-27-15-16-40(10)35-33-24(3)31-19-26(21-38(4,5)6)12-14-30(31)32(22-39(7,8)9)37(33)41-36(29)34(27)35/h11-16,18-20,23H,17,21-22H2,1-10H3/q+1. The Bertz CT molecular complexity index is 1840. The molecule has 0 saturated heterocycles. The maximum Gasteiger partial charge on any atom is 0.222 e. The van der Waals surface area contributed by atoms with Gasteiger partial charge in [-0.3, -0.25) is 0 Å². The van der Waals surface area contributed by atoms with E-state index >= 15 is 0 Å². The summed E-state index contributed by atoms with van der Waals surface area (Å²) >= 11 is 2.03. The second-order valence-corrected chi connectivity index (χ2v) is 16.4. The summed E-state index contributed by atoms with van der Waals surface area (Å²) in [4.78, 5) is 2.88. The molecule has 0 N–H and O–H groups in total. The molecule has 1 aliphatic rings. The lowest BCUT2D eigenvalue weighted by molar-refractivity contribution is -0.659. The van der Waals surface area contributed by atoms with Crippen molar-refractivity contribution in [2.75, 3.05) is 0 Å². The van der Waals surface area contributed by atoms with E-state index in [0.717, 1.165) is 19.3 Å². The molecule has 0 radical (unpaired) electrons. The van der Waals surface area contributed by atoms with Crippen LogP contribution in [0, 0.1) is 23.7 Å². The molecule has 0 bridgehead atoms. The summed E-state index contributed by atoms with van der Waals surface area (Å²) in [7, 11) is 2.23. The van der Waals surface area contributed by atoms with Gasteiger partial charge in [-0.05, 0) is 98.2 Å². The number of benzene rings is 4. The topological polar surface area (TPSA) is 3.88 Å². The number of fused-ring (bicyclic) bond motifs is 5. The zero-order valence-corrected chi connectivity index (χ0v) is 27.6. The first-order valence-corrected chi connectivity index (χ1v) is 16.2. The maximum absolute atomic E-state index is 2.50. The van der Waals surface area contributed by atoms with Gasteiger partial charge in [0.1, 0.15) is 7.05 Å². The molecule has 212 valence electrons. The summed E-state index contributed by atoms with van der Waals surface area (Å²) in [6, 6.07) is 19.3. The Morgan fingerprint density at radius 3 is 2.10 bits per heavy atom. The van der Waals surface area contributed by atoms with Crippen LogP contribution in [0.15, 0.2) is 64.5 Å². The number of hydrogen-bond acceptors (Lipinski definition) is 1. The summed E-state index contributed by atoms with van der Waals surface area (Å²) in [5.74, 6) is 0.651. The number of hydrogen-bond donors (Lipinski definition) is 0. The van der Waals surface area contributed by atoms with E-state index in [2.05, 4.69) is 129 Å². The Hall–Kier alpha value is -2.84. The van der Waals surface area contributed by atoms with E-state index in [1.165, 1.54) is 75.6 Å². The van der Waals surface area contributed by atoms with Gasteiger partial charge in [-0.15, -0.1) is 0 Å². The van der Waals surface area contributed by atoms with Crippen molar-refractivity contribution in [3.05, 3.63) is 77.0 Å². The Morgan fingerprint density at radius 1 is 0.732 bits per heavy atom. The molecule has 4 aromatic carbocycles. The molecule has 5 aromatic rings. The van der Waals surface area contributed by atoms with E-state index in [0.29, 0.717) is 5.92 Å². The van der Waals surface area contributed by atoms with Gasteiger partial charge in [0.2, 0.25) is 5.69 Å². The van der Waals surface area contributed by atoms with Crippen molar-refractivity contribution >= 4 is 44.1 Å². The van der Waals surface area contributed by atoms with Crippen LogP contribution in [0.5, 0.6) is 0 Å². The Labute approximate surface area is 251 Å². The lowest BCUT2D eigenvalue weighted by atomic mass is 9.81. The summed E-state index contributed by atoms with van der Waals surface area (Å²) in [6.45, 7) is 21.1. The fourth-order valence-corrected chi connectivity index (χ4v) is 8.41. The molecule has 0 fully saturated rings. The monoisotopic (exact) mass is 560 g/mol. The van der Waals surface area contributed by atoms with Crippen molar-refractivity contribution in [2.45, 2.75) is 91.4 Å². The van der Waals surface area contributed by atoms with Gasteiger partial charge >= 0.3 is 0 Å². The highest BCUT2D eigenvalue weighted by atomic mass is 32.2. The lowest BCUT2D eigenvalue weighted by Gasteiger charge is -2.29. The minimum absolute atomic E-state index is 0.180. The molecule has 6 rings (SSSR count). The van der Waals surface area contributed by atoms with E-state index in [1.807, 2.05) is 11.8 Å². The third kappa shape index (κ3) is 5.18. The molecule has 0 aliphatic carbocycles. The molecule has 2 heteroatoms. The van der Waals surface area contributed by atoms with Crippen molar-refractivity contribution in [1.29, 1.82) is 0 Å². The number of rotatable bonds is 4. The Kier molecular flexibility index (Phi) is 6.81. The van der Waals surface area contributed by atoms with Gasteiger partial charge in [0.25, 0.3) is 0 Å². The van der Waals surface area contributed by atoms with Gasteiger partial charge in [0.05, 0.1) is 10.9 Å². The molecule has 1 aromatic heterocycles. The zero-order chi connectivity index (χ0) is 29.4. The second-order valence-electron chi connectivity index (χ2n) is 15.4. The smallest absolute Gasteiger partial charge is 0.200 e. The summed E-state index contributed by atoms with van der Waals surface area (Å²) < 4.78 is 2.38. The molecule has 1 nitrogen and oxygen atoms in total. The SMILES string of the molecule is Cc1c2c(c(CC(C)(C)C)c3ccc(CC(C)(C)C)cc13)Sc1c3ccc(CC(C)C)cc3cc3cc[n+](C)c-2c13. The second kappa shape index (κ2) is 9.87. The Morgan fingerprint density at radius 2 is 1.41 bits per heavy atom. The zero-order valence-electron chi connectivity index (χ0n) is 26.8. The molecule has 2 heterocycles. The van der Waals surface area contributed by atoms with Gasteiger partial charge in [-0.25, -0.2) is 4.57 Å². The molecule has 0 saturated carbocycles. The van der Waals surface area contributed by atoms with E-state index in [-0.39, 0.29) is 10.8 Å². The fraction of sp³-hybridized carbons (Fsp3) is 0.410. The average molecular weight is 561 g/mol. The average Bonchev–Trinajstić information content (AvgIpc) is 2.86. The minimum Gasteiger partial charge on any atom is -0.200 e. The largest absolute Gasteiger partial charge is 0.222 e. The molecule has 0 spiro atoms. The number of nitrogens with zero attached hydrogens (tertiary/aromatic N) is 1. The van der Waals surface area contributed by atoms with Gasteiger partial charge in [0.15, 0.2) is 6.20 Å². The van der Waals surface area contributed by atoms with Crippen LogP contribution in [0.4, 0.5) is 0 Å². The first-order valence-electron chi connectivity index (χ1n) is 15.3. The molecule has 0 amide bonds. The van der Waals surface area contributed by atoms with E-state index in [9.17, 15) is 0 Å². The van der Waals surface area contributed by atoms with Crippen molar-refractivity contribution in [3.8, 4) is 11.3 Å². The third-order valence-electron chi connectivity index (χ3n) is 8.47. The number of aromatic nitrogens is 1. The van der Waals surface area contributed by atoms with Crippen LogP contribution in [-0.4, -0.2) is 0 Å². The summed E-state index contributed by atoms with van der Waals surface area (Å²) in [6.07, 6.45) is 5.52. The van der Waals surface area contributed by atoms with Gasteiger partial charge in [0, 0.05) is 15.9 Å². The van der Waals surface area contributed by atoms with Gasteiger partial charge in [-0.2, -0.15) is 0 Å². The van der Waals surface area contributed by atoms with Gasteiger partial charge < -0.3 is 0 Å². The summed E-state index contributed by atoms with van der Waals surface area (Å²) in [5.41, 5.74) is 9.04. The molecule has 0 unspecified atom stereocenters. The van der Waals surface area contributed by atoms with Crippen LogP contribution in [0.3, 0.4) is 0 Å². The predicted octanol–water partition coefficient (Wildman–Crippen LogP) is 10.8. The molecular weight excluding hydrogens is 515 g/mol. The highest BCUT2D eigenvalue weighted by Crippen LogP contribution is 2.54. The van der Waals surface area contributed by atoms with Crippen LogP contribution < -0.4 is 4.57 Å². The van der Waals surface area contributed by atoms with Crippen LogP contribution in [0.2, 0.25) is 0 Å². The summed E-state index contributed by atoms with van der Waals surface area (Å²) in [5, 5.41) is 8.35. The van der Waals surface area contributed by atoms with Crippen molar-refractivity contribution in [1.82, 2.24) is 0 Å². The highest BCUT2D eigenvalue weighted by Gasteiger charge is 2.33. The number of pyridine rings is 1.